The first-order chi connectivity index (χ1) is 6.67. The fourth-order valence-electron chi connectivity index (χ4n) is 2.63. The summed E-state index contributed by atoms with van der Waals surface area (Å²) in [6.45, 7) is 4.07. The van der Waals surface area contributed by atoms with Gasteiger partial charge >= 0.3 is 0 Å². The number of likely N-dealkylation sites (tertiary alicyclic amines) is 1. The molecular formula is C11H20N2O. The number of hydrogen-bond acceptors (Lipinski definition) is 2. The van der Waals surface area contributed by atoms with Gasteiger partial charge in [-0.15, -0.1) is 0 Å². The standard InChI is InChI=1S/C11H20N2O/c1-2-11(5-3-6-11)8-13-7-4-9(12)10(13)14/h9H,2-8,12H2,1H3. The Hall–Kier alpha value is -0.570. The molecule has 0 bridgehead atoms. The van der Waals surface area contributed by atoms with Crippen LogP contribution in [-0.2, 0) is 4.79 Å². The minimum atomic E-state index is -0.219. The molecule has 1 unspecified atom stereocenters. The molecule has 80 valence electrons. The summed E-state index contributed by atoms with van der Waals surface area (Å²) in [5.74, 6) is 0.171. The summed E-state index contributed by atoms with van der Waals surface area (Å²) >= 11 is 0. The molecule has 1 saturated heterocycles. The van der Waals surface area contributed by atoms with Crippen molar-refractivity contribution in [1.29, 1.82) is 0 Å². The Kier molecular flexibility index (Phi) is 2.52. The zero-order valence-electron chi connectivity index (χ0n) is 8.96. The van der Waals surface area contributed by atoms with Gasteiger partial charge in [0, 0.05) is 13.1 Å². The Morgan fingerprint density at radius 2 is 2.29 bits per heavy atom. The van der Waals surface area contributed by atoms with Crippen LogP contribution in [0.3, 0.4) is 0 Å². The quantitative estimate of drug-likeness (QED) is 0.735. The van der Waals surface area contributed by atoms with Crippen LogP contribution in [0.15, 0.2) is 0 Å². The second-order valence-electron chi connectivity index (χ2n) is 4.86. The monoisotopic (exact) mass is 196 g/mol. The maximum absolute atomic E-state index is 11.6. The van der Waals surface area contributed by atoms with E-state index in [1.807, 2.05) is 4.90 Å². The van der Waals surface area contributed by atoms with Crippen molar-refractivity contribution in [2.24, 2.45) is 11.1 Å². The molecule has 1 saturated carbocycles. The molecule has 1 amide bonds. The third-order valence-corrected chi connectivity index (χ3v) is 4.03. The van der Waals surface area contributed by atoms with Crippen LogP contribution in [0.4, 0.5) is 0 Å². The Morgan fingerprint density at radius 1 is 1.57 bits per heavy atom. The van der Waals surface area contributed by atoms with Gasteiger partial charge in [0.25, 0.3) is 0 Å². The minimum Gasteiger partial charge on any atom is -0.341 e. The van der Waals surface area contributed by atoms with Crippen molar-refractivity contribution in [2.45, 2.75) is 45.1 Å². The van der Waals surface area contributed by atoms with E-state index >= 15 is 0 Å². The van der Waals surface area contributed by atoms with E-state index in [1.165, 1.54) is 25.7 Å². The van der Waals surface area contributed by atoms with Crippen LogP contribution in [0.1, 0.15) is 39.0 Å². The van der Waals surface area contributed by atoms with E-state index in [9.17, 15) is 4.79 Å². The lowest BCUT2D eigenvalue weighted by atomic mass is 9.67. The van der Waals surface area contributed by atoms with E-state index < -0.39 is 0 Å². The highest BCUT2D eigenvalue weighted by Gasteiger charge is 2.40. The summed E-state index contributed by atoms with van der Waals surface area (Å²) in [7, 11) is 0. The van der Waals surface area contributed by atoms with E-state index in [4.69, 9.17) is 5.73 Å². The van der Waals surface area contributed by atoms with Crippen molar-refractivity contribution in [3.63, 3.8) is 0 Å². The molecule has 0 radical (unpaired) electrons. The maximum Gasteiger partial charge on any atom is 0.239 e. The number of rotatable bonds is 3. The predicted octanol–water partition coefficient (Wildman–Crippen LogP) is 1.13. The van der Waals surface area contributed by atoms with E-state index in [1.54, 1.807) is 0 Å². The highest BCUT2D eigenvalue weighted by Crippen LogP contribution is 2.44. The van der Waals surface area contributed by atoms with Crippen molar-refractivity contribution in [3.8, 4) is 0 Å². The Morgan fingerprint density at radius 3 is 2.64 bits per heavy atom. The Labute approximate surface area is 85.6 Å². The number of nitrogens with two attached hydrogens (primary N) is 1. The highest BCUT2D eigenvalue weighted by molar-refractivity contribution is 5.83. The first-order valence-corrected chi connectivity index (χ1v) is 5.71. The lowest BCUT2D eigenvalue weighted by molar-refractivity contribution is -0.131. The zero-order chi connectivity index (χ0) is 10.2. The molecule has 2 rings (SSSR count). The van der Waals surface area contributed by atoms with Crippen molar-refractivity contribution in [1.82, 2.24) is 4.90 Å². The summed E-state index contributed by atoms with van der Waals surface area (Å²) in [4.78, 5) is 13.6. The second-order valence-corrected chi connectivity index (χ2v) is 4.86. The van der Waals surface area contributed by atoms with Gasteiger partial charge in [0.05, 0.1) is 6.04 Å². The summed E-state index contributed by atoms with van der Waals surface area (Å²) in [5, 5.41) is 0. The molecule has 2 N–H and O–H groups in total. The van der Waals surface area contributed by atoms with Gasteiger partial charge < -0.3 is 10.6 Å². The summed E-state index contributed by atoms with van der Waals surface area (Å²) in [5.41, 5.74) is 6.14. The first-order valence-electron chi connectivity index (χ1n) is 5.71. The van der Waals surface area contributed by atoms with E-state index in [0.29, 0.717) is 5.41 Å². The van der Waals surface area contributed by atoms with Crippen LogP contribution < -0.4 is 5.73 Å². The van der Waals surface area contributed by atoms with Gasteiger partial charge in [-0.2, -0.15) is 0 Å². The molecule has 0 spiro atoms. The van der Waals surface area contributed by atoms with E-state index in [-0.39, 0.29) is 11.9 Å². The fourth-order valence-corrected chi connectivity index (χ4v) is 2.63. The number of hydrogen-bond donors (Lipinski definition) is 1. The van der Waals surface area contributed by atoms with Crippen LogP contribution in [0.25, 0.3) is 0 Å². The molecule has 0 aromatic carbocycles. The molecule has 1 heterocycles. The molecule has 3 nitrogen and oxygen atoms in total. The molecule has 1 aliphatic heterocycles. The largest absolute Gasteiger partial charge is 0.341 e. The van der Waals surface area contributed by atoms with Gasteiger partial charge in [0.15, 0.2) is 0 Å². The summed E-state index contributed by atoms with van der Waals surface area (Å²) in [6, 6.07) is -0.219. The van der Waals surface area contributed by atoms with Crippen LogP contribution in [0.2, 0.25) is 0 Å². The van der Waals surface area contributed by atoms with Gasteiger partial charge in [0.2, 0.25) is 5.91 Å². The van der Waals surface area contributed by atoms with E-state index in [2.05, 4.69) is 6.92 Å². The third-order valence-electron chi connectivity index (χ3n) is 4.03. The fraction of sp³-hybridized carbons (Fsp3) is 0.909. The van der Waals surface area contributed by atoms with Gasteiger partial charge in [0.1, 0.15) is 0 Å². The first kappa shape index (κ1) is 9.97. The summed E-state index contributed by atoms with van der Waals surface area (Å²) in [6.07, 6.45) is 5.97. The zero-order valence-corrected chi connectivity index (χ0v) is 8.96. The maximum atomic E-state index is 11.6. The van der Waals surface area contributed by atoms with Crippen LogP contribution >= 0.6 is 0 Å². The van der Waals surface area contributed by atoms with Crippen LogP contribution in [-0.4, -0.2) is 29.9 Å². The Bertz CT molecular complexity index is 230. The molecule has 2 fully saturated rings. The third kappa shape index (κ3) is 1.54. The average molecular weight is 196 g/mol. The molecule has 0 aromatic heterocycles. The smallest absolute Gasteiger partial charge is 0.239 e. The minimum absolute atomic E-state index is 0.171. The number of carbonyl (C=O) groups excluding carboxylic acids is 1. The lowest BCUT2D eigenvalue weighted by Crippen LogP contribution is -2.44. The molecule has 2 aliphatic rings. The number of carbonyl (C=O) groups is 1. The van der Waals surface area contributed by atoms with Gasteiger partial charge in [-0.3, -0.25) is 4.79 Å². The highest BCUT2D eigenvalue weighted by atomic mass is 16.2. The number of amides is 1. The van der Waals surface area contributed by atoms with Crippen LogP contribution in [0.5, 0.6) is 0 Å². The molecular weight excluding hydrogens is 176 g/mol. The molecule has 14 heavy (non-hydrogen) atoms. The number of nitrogens with zero attached hydrogens (tertiary/aromatic N) is 1. The van der Waals surface area contributed by atoms with Crippen molar-refractivity contribution in [2.75, 3.05) is 13.1 Å². The normalized spacial score (nSPS) is 30.6. The van der Waals surface area contributed by atoms with Crippen molar-refractivity contribution < 1.29 is 4.79 Å². The van der Waals surface area contributed by atoms with Gasteiger partial charge in [-0.25, -0.2) is 0 Å². The van der Waals surface area contributed by atoms with Gasteiger partial charge in [-0.05, 0) is 31.1 Å². The molecule has 0 aromatic rings. The average Bonchev–Trinajstić information content (AvgIpc) is 2.42. The predicted molar refractivity (Wildman–Crippen MR) is 55.7 cm³/mol. The molecule has 3 heteroatoms. The van der Waals surface area contributed by atoms with Crippen LogP contribution in [0, 0.1) is 5.41 Å². The molecule has 1 atom stereocenters. The topological polar surface area (TPSA) is 46.3 Å². The molecule has 1 aliphatic carbocycles. The van der Waals surface area contributed by atoms with Crippen molar-refractivity contribution in [3.05, 3.63) is 0 Å². The lowest BCUT2D eigenvalue weighted by Gasteiger charge is -2.43. The van der Waals surface area contributed by atoms with Crippen molar-refractivity contribution >= 4 is 5.91 Å². The Balaban J connectivity index is 1.94. The summed E-state index contributed by atoms with van der Waals surface area (Å²) < 4.78 is 0. The SMILES string of the molecule is CCC1(CN2CCC(N)C2=O)CCC1. The second kappa shape index (κ2) is 3.54. The van der Waals surface area contributed by atoms with Gasteiger partial charge in [-0.1, -0.05) is 13.3 Å². The van der Waals surface area contributed by atoms with E-state index in [0.717, 1.165) is 19.5 Å².